The second kappa shape index (κ2) is 8.50. The summed E-state index contributed by atoms with van der Waals surface area (Å²) < 4.78 is 5.67. The fraction of sp³-hybridized carbons (Fsp3) is 0.944. The number of hydrogen-bond donors (Lipinski definition) is 3. The van der Waals surface area contributed by atoms with E-state index in [0.29, 0.717) is 19.7 Å². The molecule has 2 unspecified atom stereocenters. The van der Waals surface area contributed by atoms with Crippen LogP contribution in [0.5, 0.6) is 0 Å². The van der Waals surface area contributed by atoms with Crippen LogP contribution in [0.4, 0.5) is 4.79 Å². The van der Waals surface area contributed by atoms with Crippen LogP contribution in [0.2, 0.25) is 0 Å². The Bertz CT molecular complexity index is 400. The van der Waals surface area contributed by atoms with Crippen molar-refractivity contribution in [3.8, 4) is 0 Å². The molecular weight excluding hydrogens is 306 g/mol. The molecule has 0 aromatic rings. The summed E-state index contributed by atoms with van der Waals surface area (Å²) in [5.74, 6) is 0.00460. The van der Waals surface area contributed by atoms with Crippen molar-refractivity contribution in [2.24, 2.45) is 5.92 Å². The molecule has 2 saturated heterocycles. The van der Waals surface area contributed by atoms with Gasteiger partial charge in [-0.05, 0) is 32.2 Å². The molecule has 1 aliphatic carbocycles. The summed E-state index contributed by atoms with van der Waals surface area (Å²) in [7, 11) is 0. The van der Waals surface area contributed by atoms with Gasteiger partial charge in [-0.2, -0.15) is 0 Å². The molecule has 3 aliphatic rings. The first-order valence-electron chi connectivity index (χ1n) is 9.77. The Morgan fingerprint density at radius 1 is 1.12 bits per heavy atom. The maximum absolute atomic E-state index is 12.3. The summed E-state index contributed by atoms with van der Waals surface area (Å²) in [6.45, 7) is 4.39. The maximum Gasteiger partial charge on any atom is 0.409 e. The third kappa shape index (κ3) is 4.41. The Kier molecular flexibility index (Phi) is 6.36. The summed E-state index contributed by atoms with van der Waals surface area (Å²) in [4.78, 5) is 14.1. The second-order valence-electron chi connectivity index (χ2n) is 7.64. The van der Waals surface area contributed by atoms with Gasteiger partial charge in [0.1, 0.15) is 6.61 Å². The van der Waals surface area contributed by atoms with E-state index in [1.807, 2.05) is 0 Å². The van der Waals surface area contributed by atoms with Gasteiger partial charge < -0.3 is 25.4 Å². The molecular formula is C18H33N3O3. The number of nitrogens with one attached hydrogen (secondary N) is 2. The van der Waals surface area contributed by atoms with Crippen molar-refractivity contribution in [2.75, 3.05) is 39.3 Å². The van der Waals surface area contributed by atoms with Gasteiger partial charge in [0, 0.05) is 38.1 Å². The SMILES string of the molecule is O=C(OCC(C1CCCCN1)C1(O)CCCCC1)N1CCNCC1. The van der Waals surface area contributed by atoms with Crippen LogP contribution in [-0.4, -0.2) is 67.1 Å². The normalized spacial score (nSPS) is 29.0. The Labute approximate surface area is 145 Å². The number of carbonyl (C=O) groups is 1. The monoisotopic (exact) mass is 339 g/mol. The van der Waals surface area contributed by atoms with Gasteiger partial charge in [-0.25, -0.2) is 4.79 Å². The van der Waals surface area contributed by atoms with Crippen LogP contribution in [0.25, 0.3) is 0 Å². The van der Waals surface area contributed by atoms with Gasteiger partial charge in [0.2, 0.25) is 0 Å². The Balaban J connectivity index is 1.61. The molecule has 3 N–H and O–H groups in total. The van der Waals surface area contributed by atoms with E-state index in [1.165, 1.54) is 19.3 Å². The van der Waals surface area contributed by atoms with Crippen LogP contribution in [0.3, 0.4) is 0 Å². The number of amides is 1. The van der Waals surface area contributed by atoms with Gasteiger partial charge in [0.15, 0.2) is 0 Å². The number of piperazine rings is 1. The third-order valence-corrected chi connectivity index (χ3v) is 6.01. The molecule has 0 radical (unpaired) electrons. The molecule has 138 valence electrons. The predicted octanol–water partition coefficient (Wildman–Crippen LogP) is 1.48. The summed E-state index contributed by atoms with van der Waals surface area (Å²) in [6, 6.07) is 0.262. The highest BCUT2D eigenvalue weighted by atomic mass is 16.6. The van der Waals surface area contributed by atoms with Crippen LogP contribution in [0.15, 0.2) is 0 Å². The topological polar surface area (TPSA) is 73.8 Å². The van der Waals surface area contributed by atoms with Gasteiger partial charge >= 0.3 is 6.09 Å². The van der Waals surface area contributed by atoms with Crippen molar-refractivity contribution < 1.29 is 14.6 Å². The van der Waals surface area contributed by atoms with Gasteiger partial charge in [0.05, 0.1) is 5.60 Å². The average molecular weight is 339 g/mol. The Hall–Kier alpha value is -0.850. The molecule has 6 nitrogen and oxygen atoms in total. The molecule has 0 aromatic carbocycles. The zero-order chi connectivity index (χ0) is 16.8. The van der Waals surface area contributed by atoms with Gasteiger partial charge in [-0.3, -0.25) is 0 Å². The van der Waals surface area contributed by atoms with E-state index in [9.17, 15) is 9.90 Å². The highest BCUT2D eigenvalue weighted by molar-refractivity contribution is 5.67. The van der Waals surface area contributed by atoms with E-state index >= 15 is 0 Å². The minimum absolute atomic E-state index is 0.00460. The van der Waals surface area contributed by atoms with Crippen molar-refractivity contribution in [1.29, 1.82) is 0 Å². The van der Waals surface area contributed by atoms with E-state index in [-0.39, 0.29) is 18.1 Å². The molecule has 0 aromatic heterocycles. The van der Waals surface area contributed by atoms with Crippen molar-refractivity contribution in [1.82, 2.24) is 15.5 Å². The van der Waals surface area contributed by atoms with E-state index in [0.717, 1.165) is 51.7 Å². The van der Waals surface area contributed by atoms with Crippen molar-refractivity contribution in [3.05, 3.63) is 0 Å². The summed E-state index contributed by atoms with van der Waals surface area (Å²) in [5, 5.41) is 18.1. The lowest BCUT2D eigenvalue weighted by Crippen LogP contribution is -2.54. The van der Waals surface area contributed by atoms with E-state index < -0.39 is 5.60 Å². The van der Waals surface area contributed by atoms with Crippen molar-refractivity contribution in [3.63, 3.8) is 0 Å². The van der Waals surface area contributed by atoms with E-state index in [1.54, 1.807) is 4.90 Å². The molecule has 2 aliphatic heterocycles. The standard InChI is InChI=1S/C18H33N3O3/c22-17(21-12-10-19-11-13-21)24-14-15(16-6-2-5-9-20-16)18(23)7-3-1-4-8-18/h15-16,19-20,23H,1-14H2. The number of nitrogens with zero attached hydrogens (tertiary/aromatic N) is 1. The molecule has 3 fully saturated rings. The molecule has 3 rings (SSSR count). The lowest BCUT2D eigenvalue weighted by atomic mass is 9.71. The molecule has 1 saturated carbocycles. The van der Waals surface area contributed by atoms with Crippen LogP contribution >= 0.6 is 0 Å². The maximum atomic E-state index is 12.3. The number of rotatable bonds is 4. The molecule has 24 heavy (non-hydrogen) atoms. The quantitative estimate of drug-likeness (QED) is 0.723. The lowest BCUT2D eigenvalue weighted by Gasteiger charge is -2.44. The molecule has 0 bridgehead atoms. The summed E-state index contributed by atoms with van der Waals surface area (Å²) in [5.41, 5.74) is -0.684. The zero-order valence-corrected chi connectivity index (χ0v) is 14.8. The number of hydrogen-bond acceptors (Lipinski definition) is 5. The van der Waals surface area contributed by atoms with Gasteiger partial charge in [-0.1, -0.05) is 25.7 Å². The molecule has 1 amide bonds. The van der Waals surface area contributed by atoms with Gasteiger partial charge in [-0.15, -0.1) is 0 Å². The highest BCUT2D eigenvalue weighted by Crippen LogP contribution is 2.38. The molecule has 2 heterocycles. The Morgan fingerprint density at radius 3 is 2.54 bits per heavy atom. The minimum Gasteiger partial charge on any atom is -0.449 e. The third-order valence-electron chi connectivity index (χ3n) is 6.01. The van der Waals surface area contributed by atoms with Crippen LogP contribution in [-0.2, 0) is 4.74 Å². The van der Waals surface area contributed by atoms with Crippen molar-refractivity contribution in [2.45, 2.75) is 63.0 Å². The second-order valence-corrected chi connectivity index (χ2v) is 7.64. The summed E-state index contributed by atoms with van der Waals surface area (Å²) >= 11 is 0. The van der Waals surface area contributed by atoms with E-state index in [4.69, 9.17) is 4.74 Å². The number of carbonyl (C=O) groups excluding carboxylic acids is 1. The first-order chi connectivity index (χ1) is 11.7. The van der Waals surface area contributed by atoms with Gasteiger partial charge in [0.25, 0.3) is 0 Å². The zero-order valence-electron chi connectivity index (χ0n) is 14.8. The predicted molar refractivity (Wildman–Crippen MR) is 93.0 cm³/mol. The Morgan fingerprint density at radius 2 is 1.88 bits per heavy atom. The number of ether oxygens (including phenoxy) is 1. The molecule has 0 spiro atoms. The molecule has 2 atom stereocenters. The molecule has 6 heteroatoms. The minimum atomic E-state index is -0.684. The fourth-order valence-electron chi connectivity index (χ4n) is 4.50. The highest BCUT2D eigenvalue weighted by Gasteiger charge is 2.43. The number of aliphatic hydroxyl groups is 1. The first kappa shape index (κ1) is 18.0. The first-order valence-corrected chi connectivity index (χ1v) is 9.77. The average Bonchev–Trinajstić information content (AvgIpc) is 2.64. The number of piperidine rings is 1. The lowest BCUT2D eigenvalue weighted by molar-refractivity contribution is -0.0853. The van der Waals surface area contributed by atoms with Crippen molar-refractivity contribution >= 4 is 6.09 Å². The fourth-order valence-corrected chi connectivity index (χ4v) is 4.50. The smallest absolute Gasteiger partial charge is 0.409 e. The van der Waals surface area contributed by atoms with Crippen LogP contribution < -0.4 is 10.6 Å². The van der Waals surface area contributed by atoms with E-state index in [2.05, 4.69) is 10.6 Å². The van der Waals surface area contributed by atoms with Crippen LogP contribution in [0.1, 0.15) is 51.4 Å². The largest absolute Gasteiger partial charge is 0.449 e. The summed E-state index contributed by atoms with van der Waals surface area (Å²) in [6.07, 6.45) is 8.25. The van der Waals surface area contributed by atoms with Crippen LogP contribution in [0, 0.1) is 5.92 Å².